The van der Waals surface area contributed by atoms with Crippen molar-refractivity contribution in [3.8, 4) is 5.75 Å². The van der Waals surface area contributed by atoms with Crippen molar-refractivity contribution in [1.29, 1.82) is 0 Å². The smallest absolute Gasteiger partial charge is 0.224 e. The molecule has 4 heteroatoms. The lowest BCUT2D eigenvalue weighted by molar-refractivity contribution is -0.128. The van der Waals surface area contributed by atoms with Gasteiger partial charge in [-0.3, -0.25) is 4.79 Å². The molecule has 0 aliphatic carbocycles. The lowest BCUT2D eigenvalue weighted by Crippen LogP contribution is -2.27. The third kappa shape index (κ3) is 2.27. The van der Waals surface area contributed by atoms with Gasteiger partial charge in [0.05, 0.1) is 0 Å². The normalized spacial score (nSPS) is 21.0. The molecule has 4 nitrogen and oxygen atoms in total. The van der Waals surface area contributed by atoms with Gasteiger partial charge >= 0.3 is 0 Å². The van der Waals surface area contributed by atoms with E-state index in [2.05, 4.69) is 0 Å². The summed E-state index contributed by atoms with van der Waals surface area (Å²) in [6, 6.07) is 6.88. The number of phenols is 1. The van der Waals surface area contributed by atoms with Gasteiger partial charge in [-0.15, -0.1) is 0 Å². The van der Waals surface area contributed by atoms with E-state index in [0.717, 1.165) is 5.56 Å². The zero-order chi connectivity index (χ0) is 10.8. The number of nitrogens with zero attached hydrogens (tertiary/aromatic N) is 1. The van der Waals surface area contributed by atoms with Crippen LogP contribution in [0.1, 0.15) is 12.0 Å². The summed E-state index contributed by atoms with van der Waals surface area (Å²) in [5.74, 6) is 0.314. The molecule has 80 valence electrons. The van der Waals surface area contributed by atoms with Gasteiger partial charge in [0, 0.05) is 25.6 Å². The predicted molar refractivity (Wildman–Crippen MR) is 56.1 cm³/mol. The van der Waals surface area contributed by atoms with Gasteiger partial charge in [0.25, 0.3) is 0 Å². The van der Waals surface area contributed by atoms with Gasteiger partial charge in [-0.05, 0) is 17.7 Å². The minimum Gasteiger partial charge on any atom is -0.508 e. The maximum absolute atomic E-state index is 11.5. The largest absolute Gasteiger partial charge is 0.508 e. The second-order valence-corrected chi connectivity index (χ2v) is 3.91. The summed E-state index contributed by atoms with van der Waals surface area (Å²) in [4.78, 5) is 13.2. The minimum atomic E-state index is -0.0465. The lowest BCUT2D eigenvalue weighted by Gasteiger charge is -2.15. The van der Waals surface area contributed by atoms with E-state index in [1.165, 1.54) is 0 Å². The van der Waals surface area contributed by atoms with Crippen molar-refractivity contribution in [3.63, 3.8) is 0 Å². The molecule has 0 spiro atoms. The second-order valence-electron chi connectivity index (χ2n) is 3.91. The highest BCUT2D eigenvalue weighted by Gasteiger charge is 2.26. The van der Waals surface area contributed by atoms with Crippen molar-refractivity contribution in [2.75, 3.05) is 6.54 Å². The lowest BCUT2D eigenvalue weighted by atomic mass is 10.2. The Kier molecular flexibility index (Phi) is 2.60. The first-order chi connectivity index (χ1) is 7.15. The second kappa shape index (κ2) is 3.90. The number of rotatable bonds is 2. The Morgan fingerprint density at radius 1 is 1.53 bits per heavy atom. The first-order valence-electron chi connectivity index (χ1n) is 4.96. The standard InChI is InChI=1S/C11H14N2O2/c12-9-5-11(15)13(7-9)6-8-2-1-3-10(14)4-8/h1-4,9,14H,5-7,12H2/t9-/m1/s1. The summed E-state index contributed by atoms with van der Waals surface area (Å²) in [7, 11) is 0. The fourth-order valence-electron chi connectivity index (χ4n) is 1.83. The van der Waals surface area contributed by atoms with E-state index in [1.807, 2.05) is 6.07 Å². The van der Waals surface area contributed by atoms with Crippen molar-refractivity contribution < 1.29 is 9.90 Å². The van der Waals surface area contributed by atoms with Gasteiger partial charge in [0.2, 0.25) is 5.91 Å². The Labute approximate surface area is 88.3 Å². The third-order valence-corrected chi connectivity index (χ3v) is 2.53. The van der Waals surface area contributed by atoms with Gasteiger partial charge in [-0.25, -0.2) is 0 Å². The fraction of sp³-hybridized carbons (Fsp3) is 0.364. The number of phenolic OH excluding ortho intramolecular Hbond substituents is 1. The quantitative estimate of drug-likeness (QED) is 0.738. The maximum Gasteiger partial charge on any atom is 0.224 e. The molecular weight excluding hydrogens is 192 g/mol. The van der Waals surface area contributed by atoms with Crippen LogP contribution < -0.4 is 5.73 Å². The van der Waals surface area contributed by atoms with E-state index in [9.17, 15) is 9.90 Å². The molecule has 1 aromatic rings. The van der Waals surface area contributed by atoms with E-state index >= 15 is 0 Å². The molecule has 0 aromatic heterocycles. The van der Waals surface area contributed by atoms with Gasteiger partial charge in [0.15, 0.2) is 0 Å². The van der Waals surface area contributed by atoms with Crippen molar-refractivity contribution in [1.82, 2.24) is 4.90 Å². The van der Waals surface area contributed by atoms with Gasteiger partial charge < -0.3 is 15.7 Å². The Balaban J connectivity index is 2.06. The number of carbonyl (C=O) groups is 1. The van der Waals surface area contributed by atoms with Crippen molar-refractivity contribution in [2.24, 2.45) is 5.73 Å². The molecule has 0 unspecified atom stereocenters. The number of hydrogen-bond acceptors (Lipinski definition) is 3. The first kappa shape index (κ1) is 9.98. The average Bonchev–Trinajstić information content (AvgIpc) is 2.45. The summed E-state index contributed by atoms with van der Waals surface area (Å²) >= 11 is 0. The molecule has 1 aromatic carbocycles. The molecule has 1 atom stereocenters. The van der Waals surface area contributed by atoms with Crippen LogP contribution in [0.4, 0.5) is 0 Å². The molecule has 1 saturated heterocycles. The molecule has 1 aliphatic heterocycles. The zero-order valence-electron chi connectivity index (χ0n) is 8.39. The van der Waals surface area contributed by atoms with Crippen molar-refractivity contribution in [3.05, 3.63) is 29.8 Å². The Bertz CT molecular complexity index is 379. The third-order valence-electron chi connectivity index (χ3n) is 2.53. The number of nitrogens with two attached hydrogens (primary N) is 1. The summed E-state index contributed by atoms with van der Waals surface area (Å²) in [6.07, 6.45) is 0.429. The van der Waals surface area contributed by atoms with Crippen LogP contribution in [-0.2, 0) is 11.3 Å². The Hall–Kier alpha value is -1.55. The molecule has 1 aliphatic rings. The predicted octanol–water partition coefficient (Wildman–Crippen LogP) is 0.452. The molecule has 1 fully saturated rings. The Morgan fingerprint density at radius 2 is 2.33 bits per heavy atom. The van der Waals surface area contributed by atoms with Crippen LogP contribution in [0.2, 0.25) is 0 Å². The maximum atomic E-state index is 11.5. The van der Waals surface area contributed by atoms with Crippen LogP contribution in [0.5, 0.6) is 5.75 Å². The average molecular weight is 206 g/mol. The van der Waals surface area contributed by atoms with E-state index in [1.54, 1.807) is 23.1 Å². The number of carbonyl (C=O) groups excluding carboxylic acids is 1. The van der Waals surface area contributed by atoms with Crippen LogP contribution in [0.25, 0.3) is 0 Å². The van der Waals surface area contributed by atoms with E-state index < -0.39 is 0 Å². The van der Waals surface area contributed by atoms with E-state index in [4.69, 9.17) is 5.73 Å². The highest BCUT2D eigenvalue weighted by atomic mass is 16.3. The minimum absolute atomic E-state index is 0.0465. The van der Waals surface area contributed by atoms with Crippen LogP contribution in [-0.4, -0.2) is 28.5 Å². The number of aromatic hydroxyl groups is 1. The molecule has 1 amide bonds. The summed E-state index contributed by atoms with van der Waals surface area (Å²) < 4.78 is 0. The number of amides is 1. The number of benzene rings is 1. The van der Waals surface area contributed by atoms with Crippen molar-refractivity contribution >= 4 is 5.91 Å². The summed E-state index contributed by atoms with van der Waals surface area (Å²) in [5, 5.41) is 9.28. The monoisotopic (exact) mass is 206 g/mol. The summed E-state index contributed by atoms with van der Waals surface area (Å²) in [5.41, 5.74) is 6.62. The van der Waals surface area contributed by atoms with Gasteiger partial charge in [0.1, 0.15) is 5.75 Å². The topological polar surface area (TPSA) is 66.6 Å². The number of hydrogen-bond donors (Lipinski definition) is 2. The van der Waals surface area contributed by atoms with E-state index in [-0.39, 0.29) is 17.7 Å². The molecule has 3 N–H and O–H groups in total. The fourth-order valence-corrected chi connectivity index (χ4v) is 1.83. The zero-order valence-corrected chi connectivity index (χ0v) is 8.39. The molecule has 2 rings (SSSR count). The SMILES string of the molecule is N[C@@H]1CC(=O)N(Cc2cccc(O)c2)C1. The van der Waals surface area contributed by atoms with Crippen LogP contribution in [0.15, 0.2) is 24.3 Å². The molecule has 15 heavy (non-hydrogen) atoms. The molecule has 0 bridgehead atoms. The summed E-state index contributed by atoms with van der Waals surface area (Å²) in [6.45, 7) is 1.13. The van der Waals surface area contributed by atoms with E-state index in [0.29, 0.717) is 19.5 Å². The molecule has 0 saturated carbocycles. The van der Waals surface area contributed by atoms with Crippen molar-refractivity contribution in [2.45, 2.75) is 19.0 Å². The molecule has 1 heterocycles. The molecular formula is C11H14N2O2. The highest BCUT2D eigenvalue weighted by molar-refractivity contribution is 5.79. The first-order valence-corrected chi connectivity index (χ1v) is 4.96. The van der Waals surface area contributed by atoms with Crippen LogP contribution in [0.3, 0.4) is 0 Å². The van der Waals surface area contributed by atoms with Crippen LogP contribution >= 0.6 is 0 Å². The number of likely N-dealkylation sites (tertiary alicyclic amines) is 1. The Morgan fingerprint density at radius 3 is 2.93 bits per heavy atom. The van der Waals surface area contributed by atoms with Crippen LogP contribution in [0, 0.1) is 0 Å². The van der Waals surface area contributed by atoms with Gasteiger partial charge in [-0.1, -0.05) is 12.1 Å². The van der Waals surface area contributed by atoms with Gasteiger partial charge in [-0.2, -0.15) is 0 Å². The highest BCUT2D eigenvalue weighted by Crippen LogP contribution is 2.16. The molecule has 0 radical (unpaired) electrons.